The number of rotatable bonds is 4. The van der Waals surface area contributed by atoms with Crippen molar-refractivity contribution < 1.29 is 9.66 Å². The van der Waals surface area contributed by atoms with Crippen molar-refractivity contribution in [2.45, 2.75) is 32.3 Å². The smallest absolute Gasteiger partial charge is 0.269 e. The van der Waals surface area contributed by atoms with E-state index in [1.165, 1.54) is 6.07 Å². The van der Waals surface area contributed by atoms with Crippen LogP contribution in [0.3, 0.4) is 0 Å². The van der Waals surface area contributed by atoms with E-state index in [-0.39, 0.29) is 10.6 Å². The molecular formula is C11H13NO3. The van der Waals surface area contributed by atoms with Gasteiger partial charge in [-0.3, -0.25) is 10.1 Å². The monoisotopic (exact) mass is 207 g/mol. The highest BCUT2D eigenvalue weighted by Crippen LogP contribution is 2.31. The molecule has 0 unspecified atom stereocenters. The van der Waals surface area contributed by atoms with Gasteiger partial charge in [0.25, 0.3) is 5.69 Å². The Labute approximate surface area is 88.0 Å². The molecule has 0 spiro atoms. The zero-order chi connectivity index (χ0) is 10.8. The topological polar surface area (TPSA) is 52.4 Å². The molecule has 0 bridgehead atoms. The molecule has 0 N–H and O–H groups in total. The van der Waals surface area contributed by atoms with E-state index in [1.807, 2.05) is 6.92 Å². The van der Waals surface area contributed by atoms with Crippen molar-refractivity contribution in [1.82, 2.24) is 0 Å². The average molecular weight is 207 g/mol. The number of benzene rings is 1. The third kappa shape index (κ3) is 2.26. The highest BCUT2D eigenvalue weighted by atomic mass is 16.6. The molecule has 0 atom stereocenters. The molecule has 80 valence electrons. The second kappa shape index (κ2) is 3.88. The lowest BCUT2D eigenvalue weighted by molar-refractivity contribution is -0.384. The van der Waals surface area contributed by atoms with Crippen LogP contribution in [0, 0.1) is 10.1 Å². The van der Waals surface area contributed by atoms with Gasteiger partial charge in [0.15, 0.2) is 0 Å². The predicted molar refractivity (Wildman–Crippen MR) is 56.1 cm³/mol. The van der Waals surface area contributed by atoms with Gasteiger partial charge >= 0.3 is 0 Å². The van der Waals surface area contributed by atoms with Gasteiger partial charge in [0, 0.05) is 17.7 Å². The molecule has 1 aromatic carbocycles. The summed E-state index contributed by atoms with van der Waals surface area (Å²) in [6.45, 7) is 1.97. The lowest BCUT2D eigenvalue weighted by atomic mass is 10.1. The van der Waals surface area contributed by atoms with Gasteiger partial charge in [0.2, 0.25) is 0 Å². The SMILES string of the molecule is CCc1cc([N+](=O)[O-])ccc1OC1CC1. The lowest BCUT2D eigenvalue weighted by Crippen LogP contribution is -2.00. The van der Waals surface area contributed by atoms with E-state index in [9.17, 15) is 10.1 Å². The molecule has 2 rings (SSSR count). The molecule has 1 saturated carbocycles. The largest absolute Gasteiger partial charge is 0.490 e. The fraction of sp³-hybridized carbons (Fsp3) is 0.455. The molecule has 15 heavy (non-hydrogen) atoms. The first-order valence-electron chi connectivity index (χ1n) is 5.14. The van der Waals surface area contributed by atoms with Gasteiger partial charge in [-0.25, -0.2) is 0 Å². The first-order valence-corrected chi connectivity index (χ1v) is 5.14. The summed E-state index contributed by atoms with van der Waals surface area (Å²) in [4.78, 5) is 10.2. The Kier molecular flexibility index (Phi) is 2.58. The molecule has 0 radical (unpaired) electrons. The molecule has 1 fully saturated rings. The zero-order valence-corrected chi connectivity index (χ0v) is 8.60. The van der Waals surface area contributed by atoms with Gasteiger partial charge < -0.3 is 4.74 Å². The summed E-state index contributed by atoms with van der Waals surface area (Å²) in [5.41, 5.74) is 1.05. The summed E-state index contributed by atoms with van der Waals surface area (Å²) in [5, 5.41) is 10.6. The summed E-state index contributed by atoms with van der Waals surface area (Å²) in [6, 6.07) is 4.80. The molecule has 1 aliphatic carbocycles. The Balaban J connectivity index is 2.25. The number of aryl methyl sites for hydroxylation is 1. The Hall–Kier alpha value is -1.58. The van der Waals surface area contributed by atoms with Crippen molar-refractivity contribution in [3.63, 3.8) is 0 Å². The Morgan fingerprint density at radius 1 is 1.53 bits per heavy atom. The number of nitro groups is 1. The molecule has 1 aromatic rings. The minimum atomic E-state index is -0.375. The Bertz CT molecular complexity index is 385. The molecule has 0 saturated heterocycles. The van der Waals surface area contributed by atoms with Crippen LogP contribution in [-0.2, 0) is 6.42 Å². The van der Waals surface area contributed by atoms with Gasteiger partial charge in [-0.15, -0.1) is 0 Å². The number of hydrogen-bond acceptors (Lipinski definition) is 3. The van der Waals surface area contributed by atoms with E-state index in [4.69, 9.17) is 4.74 Å². The maximum absolute atomic E-state index is 10.6. The second-order valence-corrected chi connectivity index (χ2v) is 3.72. The quantitative estimate of drug-likeness (QED) is 0.563. The first-order chi connectivity index (χ1) is 7.20. The molecule has 0 amide bonds. The van der Waals surface area contributed by atoms with E-state index in [2.05, 4.69) is 0 Å². The molecule has 4 heteroatoms. The van der Waals surface area contributed by atoms with Crippen molar-refractivity contribution in [2.75, 3.05) is 0 Å². The van der Waals surface area contributed by atoms with Crippen LogP contribution in [0.25, 0.3) is 0 Å². The second-order valence-electron chi connectivity index (χ2n) is 3.72. The normalized spacial score (nSPS) is 15.0. The summed E-state index contributed by atoms with van der Waals surface area (Å²) in [7, 11) is 0. The minimum Gasteiger partial charge on any atom is -0.490 e. The van der Waals surface area contributed by atoms with Crippen LogP contribution < -0.4 is 4.74 Å². The zero-order valence-electron chi connectivity index (χ0n) is 8.60. The maximum Gasteiger partial charge on any atom is 0.269 e. The van der Waals surface area contributed by atoms with Gasteiger partial charge in [0.05, 0.1) is 11.0 Å². The van der Waals surface area contributed by atoms with Crippen molar-refractivity contribution in [2.24, 2.45) is 0 Å². The molecule has 1 aliphatic rings. The standard InChI is InChI=1S/C11H13NO3/c1-2-8-7-9(12(13)14)3-6-11(8)15-10-4-5-10/h3,6-7,10H,2,4-5H2,1H3. The van der Waals surface area contributed by atoms with E-state index in [0.717, 1.165) is 30.6 Å². The van der Waals surface area contributed by atoms with Gasteiger partial charge in [-0.05, 0) is 25.3 Å². The van der Waals surface area contributed by atoms with Gasteiger partial charge in [0.1, 0.15) is 5.75 Å². The number of ether oxygens (including phenoxy) is 1. The van der Waals surface area contributed by atoms with Gasteiger partial charge in [-0.1, -0.05) is 6.92 Å². The van der Waals surface area contributed by atoms with Crippen LogP contribution >= 0.6 is 0 Å². The fourth-order valence-corrected chi connectivity index (χ4v) is 1.44. The third-order valence-electron chi connectivity index (χ3n) is 2.45. The van der Waals surface area contributed by atoms with Crippen LogP contribution in [0.5, 0.6) is 5.75 Å². The van der Waals surface area contributed by atoms with Crippen molar-refractivity contribution in [1.29, 1.82) is 0 Å². The van der Waals surface area contributed by atoms with E-state index < -0.39 is 0 Å². The summed E-state index contributed by atoms with van der Waals surface area (Å²) >= 11 is 0. The molecule has 0 heterocycles. The van der Waals surface area contributed by atoms with Crippen LogP contribution in [0.1, 0.15) is 25.3 Å². The van der Waals surface area contributed by atoms with Crippen molar-refractivity contribution in [3.8, 4) is 5.75 Å². The number of nitrogens with zero attached hydrogens (tertiary/aromatic N) is 1. The summed E-state index contributed by atoms with van der Waals surface area (Å²) in [6.07, 6.45) is 3.28. The summed E-state index contributed by atoms with van der Waals surface area (Å²) < 4.78 is 5.66. The van der Waals surface area contributed by atoms with Crippen LogP contribution in [-0.4, -0.2) is 11.0 Å². The predicted octanol–water partition coefficient (Wildman–Crippen LogP) is 2.70. The molecular weight excluding hydrogens is 194 g/mol. The average Bonchev–Trinajstić information content (AvgIpc) is 3.02. The van der Waals surface area contributed by atoms with E-state index in [1.54, 1.807) is 12.1 Å². The number of nitro benzene ring substituents is 1. The Morgan fingerprint density at radius 3 is 2.80 bits per heavy atom. The van der Waals surface area contributed by atoms with Crippen LogP contribution in [0.2, 0.25) is 0 Å². The van der Waals surface area contributed by atoms with Crippen LogP contribution in [0.15, 0.2) is 18.2 Å². The summed E-state index contributed by atoms with van der Waals surface area (Å²) in [5.74, 6) is 0.797. The van der Waals surface area contributed by atoms with E-state index in [0.29, 0.717) is 6.10 Å². The third-order valence-corrected chi connectivity index (χ3v) is 2.45. The number of hydrogen-bond donors (Lipinski definition) is 0. The fourth-order valence-electron chi connectivity index (χ4n) is 1.44. The lowest BCUT2D eigenvalue weighted by Gasteiger charge is -2.08. The number of non-ortho nitro benzene ring substituents is 1. The van der Waals surface area contributed by atoms with E-state index >= 15 is 0 Å². The van der Waals surface area contributed by atoms with Crippen LogP contribution in [0.4, 0.5) is 5.69 Å². The first kappa shape index (κ1) is 9.96. The van der Waals surface area contributed by atoms with Crippen molar-refractivity contribution >= 4 is 5.69 Å². The maximum atomic E-state index is 10.6. The minimum absolute atomic E-state index is 0.134. The van der Waals surface area contributed by atoms with Crippen molar-refractivity contribution in [3.05, 3.63) is 33.9 Å². The molecule has 0 aliphatic heterocycles. The Morgan fingerprint density at radius 2 is 2.27 bits per heavy atom. The van der Waals surface area contributed by atoms with Gasteiger partial charge in [-0.2, -0.15) is 0 Å². The molecule has 4 nitrogen and oxygen atoms in total. The molecule has 0 aromatic heterocycles. The highest BCUT2D eigenvalue weighted by Gasteiger charge is 2.24. The highest BCUT2D eigenvalue weighted by molar-refractivity contribution is 5.44.